The average Bonchev–Trinajstić information content (AvgIpc) is 2.90. The predicted molar refractivity (Wildman–Crippen MR) is 105 cm³/mol. The third-order valence-electron chi connectivity index (χ3n) is 5.81. The molecule has 1 fully saturated rings. The van der Waals surface area contributed by atoms with Crippen molar-refractivity contribution in [3.63, 3.8) is 0 Å². The number of Topliss-reactive ketones (excluding diaryl/α,β-unsaturated/α-hetero) is 1. The average molecular weight is 403 g/mol. The molecule has 162 valence electrons. The maximum Gasteiger partial charge on any atom is 0.305 e. The van der Waals surface area contributed by atoms with Crippen LogP contribution < -0.4 is 0 Å². The zero-order chi connectivity index (χ0) is 21.2. The number of halogens is 2. The van der Waals surface area contributed by atoms with Gasteiger partial charge in [0.1, 0.15) is 11.9 Å². The quantitative estimate of drug-likeness (QED) is 0.265. The van der Waals surface area contributed by atoms with Crippen LogP contribution in [-0.4, -0.2) is 36.0 Å². The Morgan fingerprint density at radius 2 is 2.07 bits per heavy atom. The van der Waals surface area contributed by atoms with E-state index < -0.39 is 12.0 Å². The van der Waals surface area contributed by atoms with Gasteiger partial charge in [-0.2, -0.15) is 0 Å². The van der Waals surface area contributed by atoms with Gasteiger partial charge in [-0.05, 0) is 43.9 Å². The van der Waals surface area contributed by atoms with E-state index in [-0.39, 0.29) is 42.3 Å². The maximum atomic E-state index is 13.7. The molecule has 4 atom stereocenters. The van der Waals surface area contributed by atoms with Crippen molar-refractivity contribution in [2.75, 3.05) is 7.11 Å². The third-order valence-corrected chi connectivity index (χ3v) is 5.81. The number of hydrogen-bond acceptors (Lipinski definition) is 4. The van der Waals surface area contributed by atoms with Gasteiger partial charge < -0.3 is 9.84 Å². The lowest BCUT2D eigenvalue weighted by Gasteiger charge is -2.24. The molecule has 1 N–H and O–H groups in total. The summed E-state index contributed by atoms with van der Waals surface area (Å²) in [4.78, 5) is 23.4. The summed E-state index contributed by atoms with van der Waals surface area (Å²) >= 11 is 0. The Labute approximate surface area is 167 Å². The molecule has 0 heterocycles. The highest BCUT2D eigenvalue weighted by atomic mass is 19.3. The van der Waals surface area contributed by atoms with E-state index in [1.165, 1.54) is 7.11 Å². The van der Waals surface area contributed by atoms with Crippen LogP contribution in [0.4, 0.5) is 8.78 Å². The van der Waals surface area contributed by atoms with Gasteiger partial charge in [-0.15, -0.1) is 0 Å². The summed E-state index contributed by atoms with van der Waals surface area (Å²) in [5, 5.41) is 9.79. The number of hydrogen-bond donors (Lipinski definition) is 1. The fraction of sp³-hybridized carbons (Fsp3) is 0.818. The lowest BCUT2D eigenvalue weighted by atomic mass is 9.83. The van der Waals surface area contributed by atoms with Gasteiger partial charge in [-0.3, -0.25) is 9.59 Å². The Balaban J connectivity index is 2.44. The summed E-state index contributed by atoms with van der Waals surface area (Å²) in [6, 6.07) is 0. The van der Waals surface area contributed by atoms with E-state index >= 15 is 0 Å². The van der Waals surface area contributed by atoms with Crippen molar-refractivity contribution >= 4 is 11.8 Å². The fourth-order valence-electron chi connectivity index (χ4n) is 4.13. The zero-order valence-corrected chi connectivity index (χ0v) is 17.5. The normalized spacial score (nSPS) is 24.1. The van der Waals surface area contributed by atoms with Crippen LogP contribution in [0.5, 0.6) is 0 Å². The van der Waals surface area contributed by atoms with E-state index in [2.05, 4.69) is 4.74 Å². The predicted octanol–water partition coefficient (Wildman–Crippen LogP) is 5.08. The molecule has 1 unspecified atom stereocenters. The van der Waals surface area contributed by atoms with Crippen LogP contribution in [0.2, 0.25) is 0 Å². The van der Waals surface area contributed by atoms with Crippen molar-refractivity contribution in [1.29, 1.82) is 0 Å². The molecule has 1 aliphatic carbocycles. The number of carbonyl (C=O) groups is 2. The number of ketones is 1. The first kappa shape index (κ1) is 24.7. The lowest BCUT2D eigenvalue weighted by molar-refractivity contribution is -0.140. The first-order valence-electron chi connectivity index (χ1n) is 10.5. The monoisotopic (exact) mass is 402 g/mol. The lowest BCUT2D eigenvalue weighted by Crippen LogP contribution is -2.33. The van der Waals surface area contributed by atoms with Crippen LogP contribution in [0.15, 0.2) is 12.2 Å². The topological polar surface area (TPSA) is 63.6 Å². The standard InChI is InChI=1S/C22H36F2O4/c1-4-14-22(23,24)20(26)12-9-11-17-16(2)15-19(25)18(17)10-7-5-6-8-13-21(27)28-3/h5,7,16-18,20,26H,4,6,8-15H2,1-3H3/t16-,17+,18-,20?/m1/s1. The van der Waals surface area contributed by atoms with Gasteiger partial charge in [0, 0.05) is 25.2 Å². The van der Waals surface area contributed by atoms with Crippen molar-refractivity contribution in [1.82, 2.24) is 0 Å². The van der Waals surface area contributed by atoms with E-state index in [0.717, 1.165) is 6.42 Å². The van der Waals surface area contributed by atoms with Gasteiger partial charge in [-0.1, -0.05) is 38.8 Å². The number of allylic oxidation sites excluding steroid dienone is 2. The van der Waals surface area contributed by atoms with Gasteiger partial charge in [0.2, 0.25) is 0 Å². The summed E-state index contributed by atoms with van der Waals surface area (Å²) in [6.45, 7) is 3.73. The highest BCUT2D eigenvalue weighted by molar-refractivity contribution is 5.84. The molecular weight excluding hydrogens is 366 g/mol. The largest absolute Gasteiger partial charge is 0.469 e. The van der Waals surface area contributed by atoms with E-state index in [1.54, 1.807) is 6.92 Å². The van der Waals surface area contributed by atoms with Gasteiger partial charge in [-0.25, -0.2) is 8.78 Å². The molecule has 0 spiro atoms. The molecule has 6 heteroatoms. The second-order valence-corrected chi connectivity index (χ2v) is 8.05. The van der Waals surface area contributed by atoms with Crippen molar-refractivity contribution in [3.05, 3.63) is 12.2 Å². The second-order valence-electron chi connectivity index (χ2n) is 8.05. The molecule has 28 heavy (non-hydrogen) atoms. The van der Waals surface area contributed by atoms with E-state index in [9.17, 15) is 23.5 Å². The summed E-state index contributed by atoms with van der Waals surface area (Å²) < 4.78 is 32.1. The molecule has 0 saturated heterocycles. The number of methoxy groups -OCH3 is 1. The van der Waals surface area contributed by atoms with Crippen molar-refractivity contribution in [3.8, 4) is 0 Å². The van der Waals surface area contributed by atoms with Crippen LogP contribution in [0.25, 0.3) is 0 Å². The SMILES string of the molecule is CCCC(F)(F)C(O)CCC[C@H]1[C@H](C)CC(=O)[C@@H]1CC=CCCCC(=O)OC. The summed E-state index contributed by atoms with van der Waals surface area (Å²) in [6.07, 6.45) is 6.74. The number of alkyl halides is 2. The minimum absolute atomic E-state index is 0.0693. The Kier molecular flexibility index (Phi) is 10.9. The van der Waals surface area contributed by atoms with E-state index in [4.69, 9.17) is 0 Å². The molecule has 0 aromatic carbocycles. The van der Waals surface area contributed by atoms with Gasteiger partial charge in [0.05, 0.1) is 7.11 Å². The Hall–Kier alpha value is -1.30. The molecule has 0 aromatic heterocycles. The van der Waals surface area contributed by atoms with Crippen LogP contribution in [-0.2, 0) is 14.3 Å². The van der Waals surface area contributed by atoms with Crippen LogP contribution in [0, 0.1) is 17.8 Å². The van der Waals surface area contributed by atoms with Gasteiger partial charge in [0.25, 0.3) is 5.92 Å². The van der Waals surface area contributed by atoms with Crippen molar-refractivity contribution in [2.24, 2.45) is 17.8 Å². The summed E-state index contributed by atoms with van der Waals surface area (Å²) in [5.41, 5.74) is 0. The summed E-state index contributed by atoms with van der Waals surface area (Å²) in [5.74, 6) is -2.65. The van der Waals surface area contributed by atoms with Crippen LogP contribution in [0.1, 0.15) is 78.1 Å². The highest BCUT2D eigenvalue weighted by Crippen LogP contribution is 2.40. The molecular formula is C22H36F2O4. The van der Waals surface area contributed by atoms with Gasteiger partial charge in [0.15, 0.2) is 0 Å². The molecule has 0 bridgehead atoms. The molecule has 0 radical (unpaired) electrons. The number of carbonyl (C=O) groups excluding carboxylic acids is 2. The first-order chi connectivity index (χ1) is 13.2. The number of esters is 1. The zero-order valence-electron chi connectivity index (χ0n) is 17.5. The number of aliphatic hydroxyl groups is 1. The minimum atomic E-state index is -3.03. The third kappa shape index (κ3) is 7.98. The van der Waals surface area contributed by atoms with E-state index in [0.29, 0.717) is 44.9 Å². The Bertz CT molecular complexity index is 519. The second kappa shape index (κ2) is 12.3. The van der Waals surface area contributed by atoms with Crippen LogP contribution >= 0.6 is 0 Å². The fourth-order valence-corrected chi connectivity index (χ4v) is 4.13. The molecule has 0 amide bonds. The molecule has 0 aromatic rings. The smallest absolute Gasteiger partial charge is 0.305 e. The molecule has 4 nitrogen and oxygen atoms in total. The molecule has 1 rings (SSSR count). The molecule has 1 saturated carbocycles. The van der Waals surface area contributed by atoms with Gasteiger partial charge >= 0.3 is 5.97 Å². The number of unbranched alkanes of at least 4 members (excludes halogenated alkanes) is 1. The maximum absolute atomic E-state index is 13.7. The van der Waals surface area contributed by atoms with Crippen molar-refractivity contribution < 1.29 is 28.2 Å². The number of ether oxygens (including phenoxy) is 1. The van der Waals surface area contributed by atoms with E-state index in [1.807, 2.05) is 19.1 Å². The Morgan fingerprint density at radius 3 is 2.71 bits per heavy atom. The minimum Gasteiger partial charge on any atom is -0.469 e. The Morgan fingerprint density at radius 1 is 1.36 bits per heavy atom. The molecule has 1 aliphatic rings. The number of aliphatic hydroxyl groups excluding tert-OH is 1. The number of rotatable bonds is 13. The summed E-state index contributed by atoms with van der Waals surface area (Å²) in [7, 11) is 1.37. The van der Waals surface area contributed by atoms with Crippen molar-refractivity contribution in [2.45, 2.75) is 90.1 Å². The van der Waals surface area contributed by atoms with Crippen LogP contribution in [0.3, 0.4) is 0 Å². The highest BCUT2D eigenvalue weighted by Gasteiger charge is 2.40. The molecule has 0 aliphatic heterocycles. The first-order valence-corrected chi connectivity index (χ1v) is 10.5.